The SMILES string of the molecule is CC(=O)N(CC(=O)OC1(N=O)CCOCC1)C(CCCCC(=O)O)C(=O)O. The lowest BCUT2D eigenvalue weighted by Crippen LogP contribution is -2.49. The Morgan fingerprint density at radius 3 is 2.30 bits per heavy atom. The Bertz CT molecular complexity index is 572. The molecule has 1 saturated heterocycles. The normalized spacial score (nSPS) is 16.8. The summed E-state index contributed by atoms with van der Waals surface area (Å²) in [6.07, 6.45) is 0.525. The van der Waals surface area contributed by atoms with E-state index in [0.717, 1.165) is 11.8 Å². The van der Waals surface area contributed by atoms with Crippen molar-refractivity contribution in [3.8, 4) is 0 Å². The molecule has 0 bridgehead atoms. The van der Waals surface area contributed by atoms with Gasteiger partial charge in [-0.25, -0.2) is 4.79 Å². The van der Waals surface area contributed by atoms with Crippen molar-refractivity contribution in [1.29, 1.82) is 0 Å². The Balaban J connectivity index is 2.74. The number of esters is 1. The molecule has 1 unspecified atom stereocenters. The molecule has 1 fully saturated rings. The van der Waals surface area contributed by atoms with E-state index in [2.05, 4.69) is 5.18 Å². The third-order valence-electron chi connectivity index (χ3n) is 4.23. The average molecular weight is 388 g/mol. The molecule has 2 N–H and O–H groups in total. The maximum atomic E-state index is 12.2. The maximum Gasteiger partial charge on any atom is 0.327 e. The van der Waals surface area contributed by atoms with Crippen LogP contribution in [0.25, 0.3) is 0 Å². The number of hydrogen-bond donors (Lipinski definition) is 2. The Morgan fingerprint density at radius 2 is 1.81 bits per heavy atom. The van der Waals surface area contributed by atoms with Gasteiger partial charge in [-0.3, -0.25) is 14.4 Å². The maximum absolute atomic E-state index is 12.2. The minimum absolute atomic E-state index is 0.0135. The van der Waals surface area contributed by atoms with Crippen molar-refractivity contribution in [2.24, 2.45) is 5.18 Å². The highest BCUT2D eigenvalue weighted by atomic mass is 16.6. The second-order valence-electron chi connectivity index (χ2n) is 6.26. The van der Waals surface area contributed by atoms with E-state index in [0.29, 0.717) is 0 Å². The minimum Gasteiger partial charge on any atom is -0.481 e. The number of carboxylic acid groups (broad SMARTS) is 2. The first-order valence-corrected chi connectivity index (χ1v) is 8.56. The van der Waals surface area contributed by atoms with Gasteiger partial charge >= 0.3 is 17.9 Å². The lowest BCUT2D eigenvalue weighted by Gasteiger charge is -2.32. The number of nitrogens with zero attached hydrogens (tertiary/aromatic N) is 2. The monoisotopic (exact) mass is 388 g/mol. The topological polar surface area (TPSA) is 160 Å². The van der Waals surface area contributed by atoms with Crippen LogP contribution >= 0.6 is 0 Å². The molecule has 1 atom stereocenters. The van der Waals surface area contributed by atoms with E-state index < -0.39 is 42.1 Å². The quantitative estimate of drug-likeness (QED) is 0.296. The summed E-state index contributed by atoms with van der Waals surface area (Å²) < 4.78 is 10.2. The van der Waals surface area contributed by atoms with Crippen molar-refractivity contribution in [2.75, 3.05) is 19.8 Å². The number of carbonyl (C=O) groups excluding carboxylic acids is 2. The molecule has 1 heterocycles. The number of amides is 1. The van der Waals surface area contributed by atoms with Crippen LogP contribution in [0.3, 0.4) is 0 Å². The zero-order valence-corrected chi connectivity index (χ0v) is 15.1. The minimum atomic E-state index is -1.57. The van der Waals surface area contributed by atoms with Crippen LogP contribution in [0, 0.1) is 4.91 Å². The Kier molecular flexibility index (Phi) is 8.79. The summed E-state index contributed by atoms with van der Waals surface area (Å²) in [5.41, 5.74) is -1.57. The van der Waals surface area contributed by atoms with Gasteiger partial charge < -0.3 is 24.6 Å². The second kappa shape index (κ2) is 10.6. The van der Waals surface area contributed by atoms with Gasteiger partial charge in [-0.05, 0) is 18.0 Å². The molecule has 0 aromatic carbocycles. The molecule has 0 aliphatic carbocycles. The molecule has 1 amide bonds. The van der Waals surface area contributed by atoms with Gasteiger partial charge in [-0.1, -0.05) is 6.42 Å². The van der Waals surface area contributed by atoms with Crippen LogP contribution in [-0.4, -0.2) is 70.5 Å². The summed E-state index contributed by atoms with van der Waals surface area (Å²) >= 11 is 0. The molecule has 0 aromatic rings. The predicted molar refractivity (Wildman–Crippen MR) is 89.6 cm³/mol. The lowest BCUT2D eigenvalue weighted by molar-refractivity contribution is -0.172. The Morgan fingerprint density at radius 1 is 1.19 bits per heavy atom. The van der Waals surface area contributed by atoms with Crippen molar-refractivity contribution in [2.45, 2.75) is 57.2 Å². The van der Waals surface area contributed by atoms with Crippen LogP contribution in [0.15, 0.2) is 5.18 Å². The first kappa shape index (κ1) is 22.5. The van der Waals surface area contributed by atoms with Crippen LogP contribution in [0.2, 0.25) is 0 Å². The number of ether oxygens (including phenoxy) is 2. The number of rotatable bonds is 11. The standard InChI is InChI=1S/C16H24N2O9/c1-11(19)18(12(15(23)24)4-2-3-5-13(20)21)10-14(22)27-16(17-25)6-8-26-9-7-16/h12H,2-10H2,1H3,(H,20,21)(H,23,24). The van der Waals surface area contributed by atoms with Gasteiger partial charge in [0.1, 0.15) is 12.6 Å². The fourth-order valence-electron chi connectivity index (χ4n) is 2.75. The molecule has 27 heavy (non-hydrogen) atoms. The average Bonchev–Trinajstić information content (AvgIpc) is 2.60. The lowest BCUT2D eigenvalue weighted by atomic mass is 10.1. The van der Waals surface area contributed by atoms with Gasteiger partial charge in [-0.2, -0.15) is 0 Å². The third kappa shape index (κ3) is 7.29. The van der Waals surface area contributed by atoms with Crippen LogP contribution in [0.1, 0.15) is 45.4 Å². The van der Waals surface area contributed by atoms with Gasteiger partial charge in [-0.15, -0.1) is 4.91 Å². The molecule has 0 saturated carbocycles. The van der Waals surface area contributed by atoms with Crippen molar-refractivity contribution in [3.05, 3.63) is 4.91 Å². The van der Waals surface area contributed by atoms with Crippen LogP contribution in [0.5, 0.6) is 0 Å². The number of carbonyl (C=O) groups is 4. The molecule has 152 valence electrons. The first-order chi connectivity index (χ1) is 12.7. The van der Waals surface area contributed by atoms with Crippen LogP contribution in [-0.2, 0) is 28.7 Å². The fourth-order valence-corrected chi connectivity index (χ4v) is 2.75. The summed E-state index contributed by atoms with van der Waals surface area (Å²) in [4.78, 5) is 58.1. The number of nitroso groups, excluding NO2 is 1. The molecule has 11 nitrogen and oxygen atoms in total. The molecule has 1 aliphatic rings. The van der Waals surface area contributed by atoms with E-state index in [1.807, 2.05) is 0 Å². The summed E-state index contributed by atoms with van der Waals surface area (Å²) in [5.74, 6) is -3.92. The smallest absolute Gasteiger partial charge is 0.327 e. The molecule has 0 spiro atoms. The number of unbranched alkanes of at least 4 members (excludes halogenated alkanes) is 1. The molecular weight excluding hydrogens is 364 g/mol. The number of carboxylic acids is 2. The highest BCUT2D eigenvalue weighted by Gasteiger charge is 2.39. The van der Waals surface area contributed by atoms with E-state index in [1.165, 1.54) is 0 Å². The molecular formula is C16H24N2O9. The molecule has 0 aromatic heterocycles. The van der Waals surface area contributed by atoms with E-state index in [-0.39, 0.29) is 51.7 Å². The summed E-state index contributed by atoms with van der Waals surface area (Å²) in [6, 6.07) is -1.31. The molecule has 1 rings (SSSR count). The van der Waals surface area contributed by atoms with Crippen LogP contribution in [0.4, 0.5) is 0 Å². The second-order valence-corrected chi connectivity index (χ2v) is 6.26. The van der Waals surface area contributed by atoms with Gasteiger partial charge in [0.05, 0.1) is 13.2 Å². The highest BCUT2D eigenvalue weighted by Crippen LogP contribution is 2.27. The largest absolute Gasteiger partial charge is 0.481 e. The highest BCUT2D eigenvalue weighted by molar-refractivity contribution is 5.86. The molecule has 0 radical (unpaired) electrons. The van der Waals surface area contributed by atoms with Crippen LogP contribution < -0.4 is 0 Å². The van der Waals surface area contributed by atoms with Crippen molar-refractivity contribution >= 4 is 23.8 Å². The Labute approximate surface area is 155 Å². The molecule has 1 aliphatic heterocycles. The zero-order chi connectivity index (χ0) is 20.4. The van der Waals surface area contributed by atoms with Crippen molar-refractivity contribution < 1.29 is 38.9 Å². The first-order valence-electron chi connectivity index (χ1n) is 8.56. The van der Waals surface area contributed by atoms with Gasteiger partial charge in [0.2, 0.25) is 11.6 Å². The van der Waals surface area contributed by atoms with E-state index >= 15 is 0 Å². The van der Waals surface area contributed by atoms with Gasteiger partial charge in [0.15, 0.2) is 0 Å². The molecule has 11 heteroatoms. The van der Waals surface area contributed by atoms with E-state index in [1.54, 1.807) is 0 Å². The summed E-state index contributed by atoms with van der Waals surface area (Å²) in [5, 5.41) is 20.9. The number of aliphatic carboxylic acids is 2. The predicted octanol–water partition coefficient (Wildman–Crippen LogP) is 0.749. The zero-order valence-electron chi connectivity index (χ0n) is 15.1. The van der Waals surface area contributed by atoms with E-state index in [4.69, 9.17) is 14.6 Å². The van der Waals surface area contributed by atoms with Crippen molar-refractivity contribution in [1.82, 2.24) is 4.90 Å². The Hall–Kier alpha value is -2.56. The van der Waals surface area contributed by atoms with Crippen molar-refractivity contribution in [3.63, 3.8) is 0 Å². The third-order valence-corrected chi connectivity index (χ3v) is 4.23. The summed E-state index contributed by atoms with van der Waals surface area (Å²) in [6.45, 7) is 0.847. The number of hydrogen-bond acceptors (Lipinski definition) is 8. The fraction of sp³-hybridized carbons (Fsp3) is 0.750. The summed E-state index contributed by atoms with van der Waals surface area (Å²) in [7, 11) is 0. The van der Waals surface area contributed by atoms with Gasteiger partial charge in [0.25, 0.3) is 0 Å². The van der Waals surface area contributed by atoms with Gasteiger partial charge in [0, 0.05) is 26.2 Å². The van der Waals surface area contributed by atoms with E-state index in [9.17, 15) is 29.2 Å².